The van der Waals surface area contributed by atoms with E-state index in [1.165, 1.54) is 12.1 Å². The smallest absolute Gasteiger partial charge is 0.124 e. The van der Waals surface area contributed by atoms with Crippen molar-refractivity contribution in [3.05, 3.63) is 34.6 Å². The van der Waals surface area contributed by atoms with E-state index in [-0.39, 0.29) is 24.5 Å². The van der Waals surface area contributed by atoms with Crippen molar-refractivity contribution in [3.8, 4) is 0 Å². The van der Waals surface area contributed by atoms with Gasteiger partial charge in [-0.15, -0.1) is 0 Å². The zero-order valence-corrected chi connectivity index (χ0v) is 9.55. The molecule has 0 aliphatic rings. The number of aliphatic hydroxyl groups is 1. The van der Waals surface area contributed by atoms with Gasteiger partial charge in [-0.2, -0.15) is 0 Å². The molecule has 2 atom stereocenters. The van der Waals surface area contributed by atoms with Gasteiger partial charge in [-0.1, -0.05) is 17.7 Å². The summed E-state index contributed by atoms with van der Waals surface area (Å²) in [7, 11) is 0. The Hall–Kier alpha value is -0.640. The van der Waals surface area contributed by atoms with Crippen LogP contribution in [0.25, 0.3) is 0 Å². The molecular weight excluding hydrogens is 217 g/mol. The van der Waals surface area contributed by atoms with Crippen molar-refractivity contribution in [1.29, 1.82) is 0 Å². The van der Waals surface area contributed by atoms with Crippen molar-refractivity contribution in [1.82, 2.24) is 5.32 Å². The van der Waals surface area contributed by atoms with Gasteiger partial charge in [0.1, 0.15) is 5.82 Å². The molecule has 0 aliphatic heterocycles. The Balaban J connectivity index is 2.77. The van der Waals surface area contributed by atoms with E-state index in [0.717, 1.165) is 5.56 Å². The summed E-state index contributed by atoms with van der Waals surface area (Å²) in [5, 5.41) is 12.4. The molecule has 0 bridgehead atoms. The molecule has 0 radical (unpaired) electrons. The molecule has 0 saturated heterocycles. The van der Waals surface area contributed by atoms with Crippen LogP contribution < -0.4 is 5.32 Å². The number of hydrogen-bond donors (Lipinski definition) is 2. The Morgan fingerprint density at radius 3 is 2.67 bits per heavy atom. The summed E-state index contributed by atoms with van der Waals surface area (Å²) in [6.45, 7) is 3.85. The van der Waals surface area contributed by atoms with Crippen LogP contribution in [-0.2, 0) is 0 Å². The first kappa shape index (κ1) is 12.4. The average molecular weight is 232 g/mol. The van der Waals surface area contributed by atoms with Crippen molar-refractivity contribution in [2.75, 3.05) is 6.61 Å². The molecule has 1 rings (SSSR count). The molecule has 2 N–H and O–H groups in total. The van der Waals surface area contributed by atoms with Crippen molar-refractivity contribution < 1.29 is 9.50 Å². The summed E-state index contributed by atoms with van der Waals surface area (Å²) in [6, 6.07) is 4.29. The molecule has 0 heterocycles. The van der Waals surface area contributed by atoms with E-state index in [0.29, 0.717) is 5.02 Å². The highest BCUT2D eigenvalue weighted by molar-refractivity contribution is 6.31. The molecule has 1 aromatic rings. The maximum atomic E-state index is 12.8. The predicted molar refractivity (Wildman–Crippen MR) is 59.5 cm³/mol. The van der Waals surface area contributed by atoms with Crippen LogP contribution in [0.5, 0.6) is 0 Å². The monoisotopic (exact) mass is 231 g/mol. The number of rotatable bonds is 4. The number of halogens is 2. The molecule has 0 saturated carbocycles. The Labute approximate surface area is 94.1 Å². The lowest BCUT2D eigenvalue weighted by molar-refractivity contribution is 0.243. The third-order valence-electron chi connectivity index (χ3n) is 2.24. The van der Waals surface area contributed by atoms with E-state index in [1.807, 2.05) is 13.8 Å². The fourth-order valence-electron chi connectivity index (χ4n) is 1.42. The highest BCUT2D eigenvalue weighted by Crippen LogP contribution is 2.23. The maximum Gasteiger partial charge on any atom is 0.124 e. The van der Waals surface area contributed by atoms with Gasteiger partial charge in [0.2, 0.25) is 0 Å². The van der Waals surface area contributed by atoms with Crippen LogP contribution in [0, 0.1) is 5.82 Å². The van der Waals surface area contributed by atoms with Gasteiger partial charge in [-0.25, -0.2) is 4.39 Å². The minimum absolute atomic E-state index is 0.0129. The van der Waals surface area contributed by atoms with E-state index in [1.54, 1.807) is 6.07 Å². The Morgan fingerprint density at radius 1 is 1.47 bits per heavy atom. The number of benzene rings is 1. The van der Waals surface area contributed by atoms with Crippen molar-refractivity contribution in [2.24, 2.45) is 0 Å². The number of aliphatic hydroxyl groups excluding tert-OH is 1. The van der Waals surface area contributed by atoms with Crippen LogP contribution in [0.15, 0.2) is 18.2 Å². The standard InChI is InChI=1S/C11H15ClFNO/c1-7(6-15)14-8(2)10-4-3-9(13)5-11(10)12/h3-5,7-8,14-15H,6H2,1-2H3. The molecule has 84 valence electrons. The van der Waals surface area contributed by atoms with E-state index in [4.69, 9.17) is 16.7 Å². The second-order valence-corrected chi connectivity index (χ2v) is 4.05. The second kappa shape index (κ2) is 5.45. The Morgan fingerprint density at radius 2 is 2.13 bits per heavy atom. The first-order valence-corrected chi connectivity index (χ1v) is 5.24. The average Bonchev–Trinajstić information content (AvgIpc) is 2.17. The highest BCUT2D eigenvalue weighted by atomic mass is 35.5. The van der Waals surface area contributed by atoms with Gasteiger partial charge >= 0.3 is 0 Å². The lowest BCUT2D eigenvalue weighted by Crippen LogP contribution is -2.31. The van der Waals surface area contributed by atoms with Crippen LogP contribution in [-0.4, -0.2) is 17.8 Å². The van der Waals surface area contributed by atoms with Gasteiger partial charge in [0.05, 0.1) is 6.61 Å². The highest BCUT2D eigenvalue weighted by Gasteiger charge is 2.12. The van der Waals surface area contributed by atoms with Crippen LogP contribution in [0.2, 0.25) is 5.02 Å². The lowest BCUT2D eigenvalue weighted by atomic mass is 10.1. The number of nitrogens with one attached hydrogen (secondary N) is 1. The minimum atomic E-state index is -0.342. The summed E-state index contributed by atoms with van der Waals surface area (Å²) in [4.78, 5) is 0. The van der Waals surface area contributed by atoms with Gasteiger partial charge in [0.15, 0.2) is 0 Å². The van der Waals surface area contributed by atoms with E-state index < -0.39 is 0 Å². The fraction of sp³-hybridized carbons (Fsp3) is 0.455. The predicted octanol–water partition coefficient (Wildman–Crippen LogP) is 2.51. The first-order valence-electron chi connectivity index (χ1n) is 4.86. The molecule has 0 aromatic heterocycles. The molecule has 2 unspecified atom stereocenters. The lowest BCUT2D eigenvalue weighted by Gasteiger charge is -2.19. The first-order chi connectivity index (χ1) is 7.04. The quantitative estimate of drug-likeness (QED) is 0.835. The van der Waals surface area contributed by atoms with Crippen LogP contribution in [0.1, 0.15) is 25.5 Å². The summed E-state index contributed by atoms with van der Waals surface area (Å²) >= 11 is 5.91. The van der Waals surface area contributed by atoms with Gasteiger partial charge in [0, 0.05) is 17.1 Å². The Kier molecular flexibility index (Phi) is 4.51. The summed E-state index contributed by atoms with van der Waals surface area (Å²) in [5.74, 6) is -0.342. The third kappa shape index (κ3) is 3.45. The van der Waals surface area contributed by atoms with Crippen molar-refractivity contribution in [3.63, 3.8) is 0 Å². The molecule has 15 heavy (non-hydrogen) atoms. The normalized spacial score (nSPS) is 15.0. The van der Waals surface area contributed by atoms with E-state index in [9.17, 15) is 4.39 Å². The van der Waals surface area contributed by atoms with Crippen LogP contribution in [0.3, 0.4) is 0 Å². The molecule has 2 nitrogen and oxygen atoms in total. The largest absolute Gasteiger partial charge is 0.395 e. The second-order valence-electron chi connectivity index (χ2n) is 3.64. The van der Waals surface area contributed by atoms with Gasteiger partial charge in [0.25, 0.3) is 0 Å². The number of hydrogen-bond acceptors (Lipinski definition) is 2. The van der Waals surface area contributed by atoms with E-state index >= 15 is 0 Å². The van der Waals surface area contributed by atoms with E-state index in [2.05, 4.69) is 5.32 Å². The summed E-state index contributed by atoms with van der Waals surface area (Å²) in [5.41, 5.74) is 0.832. The molecule has 0 amide bonds. The van der Waals surface area contributed by atoms with Crippen LogP contribution >= 0.6 is 11.6 Å². The maximum absolute atomic E-state index is 12.8. The third-order valence-corrected chi connectivity index (χ3v) is 2.56. The zero-order chi connectivity index (χ0) is 11.4. The molecule has 4 heteroatoms. The summed E-state index contributed by atoms with van der Waals surface area (Å²) < 4.78 is 12.8. The topological polar surface area (TPSA) is 32.3 Å². The molecule has 0 fully saturated rings. The fourth-order valence-corrected chi connectivity index (χ4v) is 1.75. The SMILES string of the molecule is CC(CO)NC(C)c1ccc(F)cc1Cl. The molecule has 1 aromatic carbocycles. The van der Waals surface area contributed by atoms with Crippen molar-refractivity contribution >= 4 is 11.6 Å². The zero-order valence-electron chi connectivity index (χ0n) is 8.80. The Bertz CT molecular complexity index is 332. The minimum Gasteiger partial charge on any atom is -0.395 e. The molecular formula is C11H15ClFNO. The van der Waals surface area contributed by atoms with Gasteiger partial charge in [-0.3, -0.25) is 0 Å². The van der Waals surface area contributed by atoms with Gasteiger partial charge in [-0.05, 0) is 31.5 Å². The van der Waals surface area contributed by atoms with Gasteiger partial charge < -0.3 is 10.4 Å². The molecule has 0 spiro atoms. The molecule has 0 aliphatic carbocycles. The van der Waals surface area contributed by atoms with Crippen LogP contribution in [0.4, 0.5) is 4.39 Å². The summed E-state index contributed by atoms with van der Waals surface area (Å²) in [6.07, 6.45) is 0. The van der Waals surface area contributed by atoms with Crippen molar-refractivity contribution in [2.45, 2.75) is 25.9 Å².